The molecule has 2 aliphatic heterocycles. The summed E-state index contributed by atoms with van der Waals surface area (Å²) in [6.45, 7) is 2.26. The van der Waals surface area contributed by atoms with Crippen LogP contribution in [-0.2, 0) is 26.9 Å². The van der Waals surface area contributed by atoms with Crippen molar-refractivity contribution in [2.75, 3.05) is 45.0 Å². The normalized spacial score (nSPS) is 18.3. The number of nitrogens with zero attached hydrogens (tertiary/aromatic N) is 4. The Morgan fingerprint density at radius 3 is 2.53 bits per heavy atom. The Bertz CT molecular complexity index is 1770. The van der Waals surface area contributed by atoms with E-state index in [0.717, 1.165) is 12.1 Å². The zero-order chi connectivity index (χ0) is 35.3. The molecule has 0 spiro atoms. The summed E-state index contributed by atoms with van der Waals surface area (Å²) < 4.78 is 69.0. The van der Waals surface area contributed by atoms with Crippen LogP contribution in [0.3, 0.4) is 0 Å². The monoisotopic (exact) mass is 685 g/mol. The first-order valence-corrected chi connectivity index (χ1v) is 15.4. The van der Waals surface area contributed by atoms with E-state index in [4.69, 9.17) is 39.5 Å². The van der Waals surface area contributed by atoms with E-state index in [9.17, 15) is 28.0 Å². The van der Waals surface area contributed by atoms with Gasteiger partial charge in [0.2, 0.25) is 0 Å². The number of aromatic nitrogens is 2. The Morgan fingerprint density at radius 2 is 1.88 bits per heavy atom. The van der Waals surface area contributed by atoms with Crippen LogP contribution < -0.4 is 24.8 Å². The number of nitriles is 1. The topological polar surface area (TPSA) is 179 Å². The first-order valence-electron chi connectivity index (χ1n) is 15.4. The summed E-state index contributed by atoms with van der Waals surface area (Å²) in [4.78, 5) is 35.2. The van der Waals surface area contributed by atoms with Crippen LogP contribution in [0.5, 0.6) is 17.2 Å². The number of alkyl halides is 3. The van der Waals surface area contributed by atoms with Crippen LogP contribution >= 0.6 is 0 Å². The highest BCUT2D eigenvalue weighted by atomic mass is 19.4. The number of rotatable bonds is 11. The number of methoxy groups -OCH3 is 1. The van der Waals surface area contributed by atoms with Crippen LogP contribution in [-0.4, -0.2) is 72.9 Å². The van der Waals surface area contributed by atoms with Crippen molar-refractivity contribution in [1.29, 1.82) is 5.26 Å². The summed E-state index contributed by atoms with van der Waals surface area (Å²) >= 11 is 0. The second-order valence-electron chi connectivity index (χ2n) is 11.4. The van der Waals surface area contributed by atoms with Gasteiger partial charge in [0.05, 0.1) is 47.8 Å². The number of hydrogen-bond acceptors (Lipinski definition) is 11. The molecule has 0 bridgehead atoms. The minimum atomic E-state index is -4.68. The molecule has 49 heavy (non-hydrogen) atoms. The number of anilines is 1. The highest BCUT2D eigenvalue weighted by molar-refractivity contribution is 5.92. The van der Waals surface area contributed by atoms with Gasteiger partial charge < -0.3 is 34.5 Å². The molecule has 260 valence electrons. The van der Waals surface area contributed by atoms with E-state index in [1.807, 2.05) is 0 Å². The van der Waals surface area contributed by atoms with Crippen LogP contribution in [0.1, 0.15) is 65.9 Å². The van der Waals surface area contributed by atoms with Gasteiger partial charge in [-0.2, -0.15) is 18.4 Å². The Kier molecular flexibility index (Phi) is 10.4. The summed E-state index contributed by atoms with van der Waals surface area (Å²) in [5.74, 6) is -0.606. The van der Waals surface area contributed by atoms with Gasteiger partial charge in [0.15, 0.2) is 17.2 Å². The average Bonchev–Trinajstić information content (AvgIpc) is 3.07. The number of fused-ring (bicyclic) bond motifs is 2. The summed E-state index contributed by atoms with van der Waals surface area (Å²) in [6.07, 6.45) is -4.35. The third kappa shape index (κ3) is 7.79. The van der Waals surface area contributed by atoms with Crippen molar-refractivity contribution in [3.8, 4) is 23.3 Å². The minimum Gasteiger partial charge on any atom is -0.488 e. The number of carboxylic acid groups (broad SMARTS) is 1. The second-order valence-corrected chi connectivity index (χ2v) is 11.4. The van der Waals surface area contributed by atoms with E-state index in [1.54, 1.807) is 25.1 Å². The van der Waals surface area contributed by atoms with E-state index in [2.05, 4.69) is 4.98 Å². The SMILES string of the molecule is CC[C@]1(N)C[C@H](c2ncc(OCCOC)c(Cc3cc(C#N)cc(C(F)(F)F)c3)n2)c2cc3c(cc2N1C(=O)OCCC(=O)O)OCCO3. The molecule has 1 amide bonds. The summed E-state index contributed by atoms with van der Waals surface area (Å²) in [5.41, 5.74) is 5.67. The standard InChI is InChI=1S/C33H34F3N5O8/c1-3-32(38)16-23(22-14-26-27(47-9-8-46-26)15-25(22)41(32)31(44)49-5-4-29(42)43)30-39-18-28(48-7-6-45-2)24(40-30)13-19-10-20(17-37)12-21(11-19)33(34,35)36/h10-12,14-15,18,23H,3-9,13,16,38H2,1-2H3,(H,42,43)/t23-,32+/m0/s1. The molecule has 0 aliphatic carbocycles. The lowest BCUT2D eigenvalue weighted by Gasteiger charge is -2.47. The van der Waals surface area contributed by atoms with Crippen LogP contribution in [0.4, 0.5) is 23.7 Å². The van der Waals surface area contributed by atoms with Crippen LogP contribution in [0.2, 0.25) is 0 Å². The van der Waals surface area contributed by atoms with Crippen molar-refractivity contribution >= 4 is 17.7 Å². The first kappa shape index (κ1) is 35.2. The lowest BCUT2D eigenvalue weighted by Crippen LogP contribution is -2.61. The zero-order valence-corrected chi connectivity index (χ0v) is 26.7. The van der Waals surface area contributed by atoms with E-state index in [-0.39, 0.29) is 80.7 Å². The Morgan fingerprint density at radius 1 is 1.14 bits per heavy atom. The van der Waals surface area contributed by atoms with Crippen molar-refractivity contribution < 1.29 is 51.6 Å². The maximum absolute atomic E-state index is 13.7. The van der Waals surface area contributed by atoms with Gasteiger partial charge in [-0.15, -0.1) is 0 Å². The van der Waals surface area contributed by atoms with E-state index in [1.165, 1.54) is 24.3 Å². The molecule has 0 saturated carbocycles. The van der Waals surface area contributed by atoms with E-state index in [0.29, 0.717) is 22.7 Å². The van der Waals surface area contributed by atoms with Crippen molar-refractivity contribution in [3.63, 3.8) is 0 Å². The van der Waals surface area contributed by atoms with Gasteiger partial charge in [0, 0.05) is 25.5 Å². The number of benzene rings is 2. The molecule has 3 heterocycles. The summed E-state index contributed by atoms with van der Waals surface area (Å²) in [7, 11) is 1.49. The molecule has 0 fully saturated rings. The smallest absolute Gasteiger partial charge is 0.416 e. The maximum Gasteiger partial charge on any atom is 0.416 e. The Balaban J connectivity index is 1.62. The molecule has 13 nitrogen and oxygen atoms in total. The van der Waals surface area contributed by atoms with Crippen molar-refractivity contribution in [3.05, 3.63) is 70.3 Å². The molecule has 2 aliphatic rings. The molecular formula is C33H34F3N5O8. The third-order valence-corrected chi connectivity index (χ3v) is 8.17. The molecule has 16 heteroatoms. The number of ether oxygens (including phenoxy) is 5. The van der Waals surface area contributed by atoms with Crippen LogP contribution in [0.25, 0.3) is 0 Å². The fourth-order valence-electron chi connectivity index (χ4n) is 5.75. The predicted octanol–water partition coefficient (Wildman–Crippen LogP) is 4.77. The van der Waals surface area contributed by atoms with Gasteiger partial charge in [-0.3, -0.25) is 9.69 Å². The number of amides is 1. The van der Waals surface area contributed by atoms with Gasteiger partial charge >= 0.3 is 18.2 Å². The fourth-order valence-corrected chi connectivity index (χ4v) is 5.75. The average molecular weight is 686 g/mol. The Labute approximate surface area is 279 Å². The van der Waals surface area contributed by atoms with Gasteiger partial charge in [-0.25, -0.2) is 14.8 Å². The lowest BCUT2D eigenvalue weighted by atomic mass is 9.80. The zero-order valence-electron chi connectivity index (χ0n) is 26.7. The number of hydrogen-bond donors (Lipinski definition) is 2. The maximum atomic E-state index is 13.7. The molecule has 0 unspecified atom stereocenters. The molecule has 1 aromatic heterocycles. The van der Waals surface area contributed by atoms with Gasteiger partial charge in [-0.05, 0) is 48.2 Å². The molecule has 0 radical (unpaired) electrons. The molecule has 5 rings (SSSR count). The van der Waals surface area contributed by atoms with E-state index < -0.39 is 41.8 Å². The first-order chi connectivity index (χ1) is 23.4. The number of aliphatic carboxylic acids is 1. The highest BCUT2D eigenvalue weighted by Crippen LogP contribution is 2.50. The molecule has 3 aromatic rings. The van der Waals surface area contributed by atoms with Crippen LogP contribution in [0, 0.1) is 11.3 Å². The van der Waals surface area contributed by atoms with E-state index >= 15 is 0 Å². The Hall–Kier alpha value is -5.14. The number of carboxylic acids is 1. The van der Waals surface area contributed by atoms with Gasteiger partial charge in [0.1, 0.15) is 37.9 Å². The molecular weight excluding hydrogens is 651 g/mol. The van der Waals surface area contributed by atoms with Crippen molar-refractivity contribution in [2.24, 2.45) is 5.73 Å². The number of halogens is 3. The largest absolute Gasteiger partial charge is 0.488 e. The quantitative estimate of drug-likeness (QED) is 0.265. The summed E-state index contributed by atoms with van der Waals surface area (Å²) in [5, 5.41) is 18.5. The summed E-state index contributed by atoms with van der Waals surface area (Å²) in [6, 6.07) is 8.16. The molecule has 3 N–H and O–H groups in total. The molecule has 0 saturated heterocycles. The second kappa shape index (κ2) is 14.5. The molecule has 2 atom stereocenters. The van der Waals surface area contributed by atoms with Gasteiger partial charge in [0.25, 0.3) is 0 Å². The van der Waals surface area contributed by atoms with Crippen LogP contribution in [0.15, 0.2) is 36.5 Å². The predicted molar refractivity (Wildman–Crippen MR) is 166 cm³/mol. The molecule has 2 aromatic carbocycles. The van der Waals surface area contributed by atoms with Gasteiger partial charge in [-0.1, -0.05) is 6.92 Å². The van der Waals surface area contributed by atoms with Crippen molar-refractivity contribution in [2.45, 2.75) is 50.4 Å². The highest BCUT2D eigenvalue weighted by Gasteiger charge is 2.47. The lowest BCUT2D eigenvalue weighted by molar-refractivity contribution is -0.138. The number of carbonyl (C=O) groups excluding carboxylic acids is 1. The minimum absolute atomic E-state index is 0.0790. The van der Waals surface area contributed by atoms with Crippen molar-refractivity contribution in [1.82, 2.24) is 9.97 Å². The number of nitrogens with two attached hydrogens (primary N) is 1. The fraction of sp³-hybridized carbons (Fsp3) is 0.424. The number of carbonyl (C=O) groups is 2. The third-order valence-electron chi connectivity index (χ3n) is 8.17.